The molecule has 1 saturated heterocycles. The zero-order valence-electron chi connectivity index (χ0n) is 13.8. The van der Waals surface area contributed by atoms with Crippen LogP contribution in [0.1, 0.15) is 12.8 Å². The Bertz CT molecular complexity index is 948. The topological polar surface area (TPSA) is 73.0 Å². The second kappa shape index (κ2) is 6.51. The van der Waals surface area contributed by atoms with Gasteiger partial charge in [0.2, 0.25) is 11.3 Å². The van der Waals surface area contributed by atoms with Gasteiger partial charge >= 0.3 is 0 Å². The second-order valence-electron chi connectivity index (χ2n) is 6.29. The Morgan fingerprint density at radius 1 is 1.20 bits per heavy atom. The van der Waals surface area contributed by atoms with Crippen molar-refractivity contribution in [1.29, 1.82) is 0 Å². The molecule has 0 bridgehead atoms. The molecule has 0 radical (unpaired) electrons. The number of hydrogen-bond donors (Lipinski definition) is 0. The summed E-state index contributed by atoms with van der Waals surface area (Å²) in [7, 11) is 0. The van der Waals surface area contributed by atoms with E-state index in [1.165, 1.54) is 6.20 Å². The second-order valence-corrected chi connectivity index (χ2v) is 6.29. The molecule has 1 aromatic carbocycles. The predicted octanol–water partition coefficient (Wildman–Crippen LogP) is 1.28. The van der Waals surface area contributed by atoms with Crippen LogP contribution in [0.4, 0.5) is 0 Å². The highest BCUT2D eigenvalue weighted by Crippen LogP contribution is 2.19. The first-order chi connectivity index (χ1) is 12.2. The molecule has 7 nitrogen and oxygen atoms in total. The van der Waals surface area contributed by atoms with E-state index in [0.717, 1.165) is 19.4 Å². The van der Waals surface area contributed by atoms with Crippen molar-refractivity contribution in [3.8, 4) is 0 Å². The van der Waals surface area contributed by atoms with Gasteiger partial charge < -0.3 is 4.90 Å². The number of rotatable bonds is 4. The summed E-state index contributed by atoms with van der Waals surface area (Å²) in [5.74, 6) is 0.0240. The van der Waals surface area contributed by atoms with E-state index in [4.69, 9.17) is 0 Å². The molecule has 128 valence electrons. The van der Waals surface area contributed by atoms with Crippen molar-refractivity contribution in [2.45, 2.75) is 32.0 Å². The highest BCUT2D eigenvalue weighted by Gasteiger charge is 2.29. The minimum absolute atomic E-state index is 0.0240. The van der Waals surface area contributed by atoms with Crippen molar-refractivity contribution in [3.63, 3.8) is 0 Å². The molecule has 7 heteroatoms. The summed E-state index contributed by atoms with van der Waals surface area (Å²) in [6, 6.07) is 9.28. The van der Waals surface area contributed by atoms with Crippen LogP contribution in [0.15, 0.2) is 53.7 Å². The number of hydrogen-bond acceptors (Lipinski definition) is 4. The molecule has 3 heterocycles. The normalized spacial score (nSPS) is 17.3. The van der Waals surface area contributed by atoms with Crippen LogP contribution in [0.3, 0.4) is 0 Å². The van der Waals surface area contributed by atoms with Crippen LogP contribution in [0.5, 0.6) is 0 Å². The molecule has 1 atom stereocenters. The van der Waals surface area contributed by atoms with E-state index < -0.39 is 0 Å². The Hall–Kier alpha value is -2.96. The molecule has 4 rings (SSSR count). The molecule has 25 heavy (non-hydrogen) atoms. The lowest BCUT2D eigenvalue weighted by atomic mass is 10.2. The first-order valence-corrected chi connectivity index (χ1v) is 8.44. The largest absolute Gasteiger partial charge is 0.336 e. The van der Waals surface area contributed by atoms with Gasteiger partial charge in [0.25, 0.3) is 0 Å². The zero-order chi connectivity index (χ0) is 17.2. The van der Waals surface area contributed by atoms with Gasteiger partial charge in [-0.2, -0.15) is 10.2 Å². The Labute approximate surface area is 144 Å². The van der Waals surface area contributed by atoms with E-state index in [1.807, 2.05) is 40.0 Å². The minimum Gasteiger partial charge on any atom is -0.336 e. The molecular formula is C18H19N5O2. The smallest absolute Gasteiger partial charge is 0.244 e. The third-order valence-corrected chi connectivity index (χ3v) is 4.70. The lowest BCUT2D eigenvalue weighted by Gasteiger charge is -2.25. The number of amides is 1. The van der Waals surface area contributed by atoms with Gasteiger partial charge in [0, 0.05) is 24.3 Å². The molecule has 0 aliphatic carbocycles. The van der Waals surface area contributed by atoms with Crippen LogP contribution in [0.2, 0.25) is 0 Å². The lowest BCUT2D eigenvalue weighted by Crippen LogP contribution is -2.40. The molecular weight excluding hydrogens is 318 g/mol. The van der Waals surface area contributed by atoms with Crippen molar-refractivity contribution in [2.75, 3.05) is 6.54 Å². The van der Waals surface area contributed by atoms with Gasteiger partial charge in [-0.25, -0.2) is 0 Å². The van der Waals surface area contributed by atoms with Crippen molar-refractivity contribution in [2.24, 2.45) is 0 Å². The van der Waals surface area contributed by atoms with Gasteiger partial charge in [0.1, 0.15) is 6.54 Å². The Morgan fingerprint density at radius 3 is 2.92 bits per heavy atom. The van der Waals surface area contributed by atoms with Crippen LogP contribution < -0.4 is 5.43 Å². The SMILES string of the molecule is O=C(Cn1ncc(=O)c2ccccc21)N1CCCC1Cn1cccn1. The number of nitrogens with zero attached hydrogens (tertiary/aromatic N) is 5. The maximum absolute atomic E-state index is 12.8. The van der Waals surface area contributed by atoms with Crippen molar-refractivity contribution in [3.05, 3.63) is 59.1 Å². The lowest BCUT2D eigenvalue weighted by molar-refractivity contribution is -0.133. The van der Waals surface area contributed by atoms with Crippen LogP contribution in [-0.2, 0) is 17.9 Å². The zero-order valence-corrected chi connectivity index (χ0v) is 13.8. The molecule has 1 fully saturated rings. The van der Waals surface area contributed by atoms with Crippen LogP contribution in [0.25, 0.3) is 10.9 Å². The predicted molar refractivity (Wildman–Crippen MR) is 93.0 cm³/mol. The number of aromatic nitrogens is 4. The number of carbonyl (C=O) groups is 1. The number of likely N-dealkylation sites (tertiary alicyclic amines) is 1. The van der Waals surface area contributed by atoms with Gasteiger partial charge in [-0.3, -0.25) is 19.0 Å². The molecule has 1 aliphatic heterocycles. The van der Waals surface area contributed by atoms with Crippen molar-refractivity contribution < 1.29 is 4.79 Å². The average molecular weight is 337 g/mol. The van der Waals surface area contributed by atoms with Gasteiger partial charge in [-0.05, 0) is 31.0 Å². The van der Waals surface area contributed by atoms with E-state index in [-0.39, 0.29) is 23.9 Å². The van der Waals surface area contributed by atoms with Crippen LogP contribution in [-0.4, -0.2) is 43.0 Å². The third-order valence-electron chi connectivity index (χ3n) is 4.70. The van der Waals surface area contributed by atoms with E-state index >= 15 is 0 Å². The maximum Gasteiger partial charge on any atom is 0.244 e. The van der Waals surface area contributed by atoms with Crippen LogP contribution >= 0.6 is 0 Å². The highest BCUT2D eigenvalue weighted by molar-refractivity contribution is 5.81. The summed E-state index contributed by atoms with van der Waals surface area (Å²) in [5.41, 5.74) is 0.559. The third kappa shape index (κ3) is 3.05. The van der Waals surface area contributed by atoms with Gasteiger partial charge in [0.05, 0.1) is 24.3 Å². The molecule has 1 aliphatic rings. The van der Waals surface area contributed by atoms with E-state index in [1.54, 1.807) is 16.9 Å². The summed E-state index contributed by atoms with van der Waals surface area (Å²) in [4.78, 5) is 26.7. The quantitative estimate of drug-likeness (QED) is 0.719. The molecule has 1 unspecified atom stereocenters. The molecule has 0 saturated carbocycles. The number of carbonyl (C=O) groups excluding carboxylic acids is 1. The van der Waals surface area contributed by atoms with E-state index in [0.29, 0.717) is 17.4 Å². The summed E-state index contributed by atoms with van der Waals surface area (Å²) in [5, 5.41) is 8.98. The summed E-state index contributed by atoms with van der Waals surface area (Å²) >= 11 is 0. The molecule has 3 aromatic rings. The Morgan fingerprint density at radius 2 is 2.08 bits per heavy atom. The summed E-state index contributed by atoms with van der Waals surface area (Å²) in [6.07, 6.45) is 6.91. The monoisotopic (exact) mass is 337 g/mol. The highest BCUT2D eigenvalue weighted by atomic mass is 16.2. The first-order valence-electron chi connectivity index (χ1n) is 8.44. The Kier molecular flexibility index (Phi) is 4.05. The fourth-order valence-electron chi connectivity index (χ4n) is 3.48. The fourth-order valence-corrected chi connectivity index (χ4v) is 3.48. The van der Waals surface area contributed by atoms with Crippen molar-refractivity contribution in [1.82, 2.24) is 24.5 Å². The average Bonchev–Trinajstić information content (AvgIpc) is 3.30. The standard InChI is InChI=1S/C18H19N5O2/c24-17-11-20-23(16-7-2-1-6-15(16)17)13-18(25)22-10-3-5-14(22)12-21-9-4-8-19-21/h1-2,4,6-9,11,14H,3,5,10,12-13H2. The van der Waals surface area contributed by atoms with Crippen LogP contribution in [0, 0.1) is 0 Å². The molecule has 0 spiro atoms. The molecule has 2 aromatic heterocycles. The van der Waals surface area contributed by atoms with Gasteiger partial charge in [0.15, 0.2) is 0 Å². The first kappa shape index (κ1) is 15.6. The molecule has 0 N–H and O–H groups in total. The number of para-hydroxylation sites is 1. The van der Waals surface area contributed by atoms with Gasteiger partial charge in [-0.1, -0.05) is 12.1 Å². The fraction of sp³-hybridized carbons (Fsp3) is 0.333. The Balaban J connectivity index is 1.55. The summed E-state index contributed by atoms with van der Waals surface area (Å²) < 4.78 is 3.48. The van der Waals surface area contributed by atoms with Crippen molar-refractivity contribution >= 4 is 16.8 Å². The minimum atomic E-state index is -0.128. The molecule has 1 amide bonds. The maximum atomic E-state index is 12.8. The van der Waals surface area contributed by atoms with E-state index in [2.05, 4.69) is 10.2 Å². The number of fused-ring (bicyclic) bond motifs is 1. The van der Waals surface area contributed by atoms with Gasteiger partial charge in [-0.15, -0.1) is 0 Å². The summed E-state index contributed by atoms with van der Waals surface area (Å²) in [6.45, 7) is 1.59. The number of benzene rings is 1. The van der Waals surface area contributed by atoms with E-state index in [9.17, 15) is 9.59 Å².